The van der Waals surface area contributed by atoms with Gasteiger partial charge in [-0.1, -0.05) is 30.7 Å². The van der Waals surface area contributed by atoms with Crippen molar-refractivity contribution in [3.05, 3.63) is 39.8 Å². The van der Waals surface area contributed by atoms with Gasteiger partial charge in [0.15, 0.2) is 0 Å². The Balaban J connectivity index is 1.47. The van der Waals surface area contributed by atoms with Crippen molar-refractivity contribution in [3.63, 3.8) is 0 Å². The van der Waals surface area contributed by atoms with Crippen molar-refractivity contribution in [2.24, 2.45) is 0 Å². The Hall–Kier alpha value is -2.32. The number of aromatic nitrogens is 2. The second-order valence-electron chi connectivity index (χ2n) is 7.38. The number of nitrogens with one attached hydrogen (secondary N) is 2. The van der Waals surface area contributed by atoms with Gasteiger partial charge in [-0.2, -0.15) is 0 Å². The molecule has 0 spiro atoms. The van der Waals surface area contributed by atoms with Crippen LogP contribution in [0.3, 0.4) is 0 Å². The van der Waals surface area contributed by atoms with Gasteiger partial charge in [-0.25, -0.2) is 0 Å². The molecule has 2 amide bonds. The maximum atomic E-state index is 12.5. The third-order valence-electron chi connectivity index (χ3n) is 5.19. The Morgan fingerprint density at radius 3 is 2.86 bits per heavy atom. The summed E-state index contributed by atoms with van der Waals surface area (Å²) in [5, 5.41) is 14.8. The molecule has 2 heterocycles. The van der Waals surface area contributed by atoms with Gasteiger partial charge in [0.05, 0.1) is 0 Å². The number of carbonyl (C=O) groups excluding carboxylic acids is 2. The Labute approximate surface area is 175 Å². The van der Waals surface area contributed by atoms with Crippen LogP contribution in [0.5, 0.6) is 0 Å². The molecule has 1 aliphatic heterocycles. The first-order chi connectivity index (χ1) is 14.1. The summed E-state index contributed by atoms with van der Waals surface area (Å²) in [7, 11) is 0. The zero-order valence-electron chi connectivity index (χ0n) is 17.1. The van der Waals surface area contributed by atoms with Gasteiger partial charge in [0, 0.05) is 30.4 Å². The summed E-state index contributed by atoms with van der Waals surface area (Å²) in [5.41, 5.74) is 1.10. The Bertz CT molecular complexity index is 838. The molecule has 7 nitrogen and oxygen atoms in total. The fraction of sp³-hybridized carbons (Fsp3) is 0.524. The molecule has 8 heteroatoms. The van der Waals surface area contributed by atoms with E-state index in [-0.39, 0.29) is 11.8 Å². The smallest absolute Gasteiger partial charge is 0.286 e. The number of amides is 2. The molecule has 29 heavy (non-hydrogen) atoms. The van der Waals surface area contributed by atoms with E-state index < -0.39 is 0 Å². The lowest BCUT2D eigenvalue weighted by atomic mass is 10.0. The van der Waals surface area contributed by atoms with E-state index >= 15 is 0 Å². The van der Waals surface area contributed by atoms with Gasteiger partial charge in [-0.3, -0.25) is 9.59 Å². The normalized spacial score (nSPS) is 17.1. The van der Waals surface area contributed by atoms with Gasteiger partial charge < -0.3 is 15.5 Å². The molecule has 2 N–H and O–H groups in total. The quantitative estimate of drug-likeness (QED) is 0.646. The molecule has 0 saturated carbocycles. The van der Waals surface area contributed by atoms with Gasteiger partial charge in [0.25, 0.3) is 11.8 Å². The summed E-state index contributed by atoms with van der Waals surface area (Å²) < 4.78 is 0. The van der Waals surface area contributed by atoms with Gasteiger partial charge in [0.2, 0.25) is 5.01 Å². The van der Waals surface area contributed by atoms with Crippen molar-refractivity contribution in [1.82, 2.24) is 20.4 Å². The fourth-order valence-electron chi connectivity index (χ4n) is 3.49. The van der Waals surface area contributed by atoms with Crippen LogP contribution in [0.4, 0.5) is 5.69 Å². The number of hydrogen-bond donors (Lipinski definition) is 2. The minimum atomic E-state index is -0.310. The topological polar surface area (TPSA) is 87.2 Å². The first-order valence-corrected chi connectivity index (χ1v) is 11.1. The second-order valence-corrected chi connectivity index (χ2v) is 8.44. The van der Waals surface area contributed by atoms with Crippen LogP contribution in [0.25, 0.3) is 0 Å². The standard InChI is InChI=1S/C21H29N5O2S/c1-3-18-24-25-21(29-18)20(28)23-17-10-6-9-16(14-17)19(27)22-11-7-13-26-12-5-4-8-15(26)2/h6,9-10,14-15H,3-5,7-8,11-13H2,1-2H3,(H,22,27)(H,23,28)/t15-/m1/s1. The summed E-state index contributed by atoms with van der Waals surface area (Å²) in [6.45, 7) is 7.06. The molecule has 2 aromatic rings. The maximum Gasteiger partial charge on any atom is 0.286 e. The summed E-state index contributed by atoms with van der Waals surface area (Å²) in [5.74, 6) is -0.438. The van der Waals surface area contributed by atoms with E-state index in [1.807, 2.05) is 6.92 Å². The van der Waals surface area contributed by atoms with Crippen LogP contribution in [0, 0.1) is 0 Å². The van der Waals surface area contributed by atoms with E-state index in [1.165, 1.54) is 30.6 Å². The summed E-state index contributed by atoms with van der Waals surface area (Å²) >= 11 is 1.28. The van der Waals surface area contributed by atoms with Crippen LogP contribution in [-0.2, 0) is 6.42 Å². The molecule has 1 aromatic heterocycles. The minimum Gasteiger partial charge on any atom is -0.352 e. The molecule has 1 fully saturated rings. The number of hydrogen-bond acceptors (Lipinski definition) is 6. The molecule has 1 aliphatic rings. The van der Waals surface area contributed by atoms with E-state index in [1.54, 1.807) is 24.3 Å². The van der Waals surface area contributed by atoms with E-state index in [2.05, 4.69) is 32.7 Å². The molecule has 0 unspecified atom stereocenters. The third kappa shape index (κ3) is 6.08. The Morgan fingerprint density at radius 1 is 1.24 bits per heavy atom. The number of likely N-dealkylation sites (tertiary alicyclic amines) is 1. The monoisotopic (exact) mass is 415 g/mol. The first kappa shape index (κ1) is 21.4. The van der Waals surface area contributed by atoms with Gasteiger partial charge >= 0.3 is 0 Å². The zero-order valence-corrected chi connectivity index (χ0v) is 17.9. The van der Waals surface area contributed by atoms with Crippen molar-refractivity contribution in [1.29, 1.82) is 0 Å². The van der Waals surface area contributed by atoms with Gasteiger partial charge in [-0.05, 0) is 57.4 Å². The van der Waals surface area contributed by atoms with Gasteiger partial charge in [0.1, 0.15) is 5.01 Å². The maximum absolute atomic E-state index is 12.5. The number of aryl methyl sites for hydroxylation is 1. The van der Waals surface area contributed by atoms with Crippen LogP contribution in [0.1, 0.15) is 64.7 Å². The highest BCUT2D eigenvalue weighted by Gasteiger charge is 2.17. The van der Waals surface area contributed by atoms with Crippen molar-refractivity contribution >= 4 is 28.8 Å². The molecule has 1 aromatic carbocycles. The lowest BCUT2D eigenvalue weighted by Crippen LogP contribution is -2.39. The number of nitrogens with zero attached hydrogens (tertiary/aromatic N) is 3. The zero-order chi connectivity index (χ0) is 20.6. The van der Waals surface area contributed by atoms with Crippen LogP contribution in [-0.4, -0.2) is 52.6 Å². The molecule has 1 saturated heterocycles. The minimum absolute atomic E-state index is 0.128. The molecule has 0 bridgehead atoms. The lowest BCUT2D eigenvalue weighted by Gasteiger charge is -2.33. The second kappa shape index (κ2) is 10.5. The van der Waals surface area contributed by atoms with E-state index in [4.69, 9.17) is 0 Å². The van der Waals surface area contributed by atoms with Crippen molar-refractivity contribution in [3.8, 4) is 0 Å². The van der Waals surface area contributed by atoms with E-state index in [0.717, 1.165) is 30.9 Å². The fourth-order valence-corrected chi connectivity index (χ4v) is 4.16. The summed E-state index contributed by atoms with van der Waals surface area (Å²) in [6.07, 6.45) is 5.54. The van der Waals surface area contributed by atoms with E-state index in [0.29, 0.717) is 28.8 Å². The van der Waals surface area contributed by atoms with Crippen molar-refractivity contribution < 1.29 is 9.59 Å². The van der Waals surface area contributed by atoms with E-state index in [9.17, 15) is 9.59 Å². The number of benzene rings is 1. The highest BCUT2D eigenvalue weighted by atomic mass is 32.1. The molecule has 0 radical (unpaired) electrons. The molecule has 3 rings (SSSR count). The predicted molar refractivity (Wildman–Crippen MR) is 116 cm³/mol. The van der Waals surface area contributed by atoms with Gasteiger partial charge in [-0.15, -0.1) is 10.2 Å². The van der Waals surface area contributed by atoms with Crippen LogP contribution < -0.4 is 10.6 Å². The van der Waals surface area contributed by atoms with Crippen LogP contribution in [0.15, 0.2) is 24.3 Å². The van der Waals surface area contributed by atoms with Crippen LogP contribution in [0.2, 0.25) is 0 Å². The SMILES string of the molecule is CCc1nnc(C(=O)Nc2cccc(C(=O)NCCCN3CCCC[C@H]3C)c2)s1. The third-order valence-corrected chi connectivity index (χ3v) is 6.26. The highest BCUT2D eigenvalue weighted by molar-refractivity contribution is 7.13. The molecular weight excluding hydrogens is 386 g/mol. The average Bonchev–Trinajstić information content (AvgIpc) is 3.22. The van der Waals surface area contributed by atoms with Crippen molar-refractivity contribution in [2.75, 3.05) is 25.0 Å². The number of rotatable bonds is 8. The summed E-state index contributed by atoms with van der Waals surface area (Å²) in [4.78, 5) is 27.3. The van der Waals surface area contributed by atoms with Crippen molar-refractivity contribution in [2.45, 2.75) is 52.0 Å². The number of piperidine rings is 1. The Morgan fingerprint density at radius 2 is 2.10 bits per heavy atom. The lowest BCUT2D eigenvalue weighted by molar-refractivity contribution is 0.0947. The highest BCUT2D eigenvalue weighted by Crippen LogP contribution is 2.17. The average molecular weight is 416 g/mol. The molecule has 0 aliphatic carbocycles. The summed E-state index contributed by atoms with van der Waals surface area (Å²) in [6, 6.07) is 7.59. The first-order valence-electron chi connectivity index (χ1n) is 10.3. The molecule has 156 valence electrons. The number of anilines is 1. The molecule has 1 atom stereocenters. The predicted octanol–water partition coefficient (Wildman–Crippen LogP) is 3.35. The molecular formula is C21H29N5O2S. The van der Waals surface area contributed by atoms with Crippen LogP contribution >= 0.6 is 11.3 Å². The number of carbonyl (C=O) groups is 2. The largest absolute Gasteiger partial charge is 0.352 e. The Kier molecular flexibility index (Phi) is 7.71.